The number of benzene rings is 4. The standard InChI is InChI=1S/C31H28OS3/c1-23-22-28(35(2,26-10-5-3-6-11-26)27-12-7-4-8-13-27)19-20-29(23)34-25-17-15-24(16-18-25)31(32)30-14-9-21-33-30/h3-22,31-32H,1-2H3. The van der Waals surface area contributed by atoms with Crippen molar-refractivity contribution >= 4 is 33.1 Å². The number of thiophene rings is 1. The van der Waals surface area contributed by atoms with Crippen molar-refractivity contribution in [1.82, 2.24) is 0 Å². The van der Waals surface area contributed by atoms with Crippen molar-refractivity contribution in [2.24, 2.45) is 0 Å². The first-order valence-electron chi connectivity index (χ1n) is 11.5. The van der Waals surface area contributed by atoms with Crippen LogP contribution in [0.3, 0.4) is 0 Å². The fourth-order valence-corrected chi connectivity index (χ4v) is 8.83. The van der Waals surface area contributed by atoms with E-state index in [1.54, 1.807) is 23.1 Å². The van der Waals surface area contributed by atoms with E-state index < -0.39 is 16.1 Å². The van der Waals surface area contributed by atoms with E-state index in [1.807, 2.05) is 29.6 Å². The van der Waals surface area contributed by atoms with Crippen LogP contribution in [0.25, 0.3) is 0 Å². The molecule has 5 aromatic rings. The van der Waals surface area contributed by atoms with Crippen LogP contribution in [0.15, 0.2) is 145 Å². The highest BCUT2D eigenvalue weighted by Gasteiger charge is 2.26. The summed E-state index contributed by atoms with van der Waals surface area (Å²) in [7, 11) is -1.36. The smallest absolute Gasteiger partial charge is 0.113 e. The Morgan fingerprint density at radius 1 is 0.714 bits per heavy atom. The maximum absolute atomic E-state index is 10.6. The van der Waals surface area contributed by atoms with Crippen molar-refractivity contribution < 1.29 is 5.11 Å². The predicted octanol–water partition coefficient (Wildman–Crippen LogP) is 9.20. The molecule has 0 amide bonds. The van der Waals surface area contributed by atoms with Crippen LogP contribution < -0.4 is 0 Å². The molecule has 5 rings (SSSR count). The summed E-state index contributed by atoms with van der Waals surface area (Å²) >= 11 is 3.35. The van der Waals surface area contributed by atoms with E-state index in [4.69, 9.17) is 0 Å². The van der Waals surface area contributed by atoms with Crippen LogP contribution in [-0.2, 0) is 0 Å². The van der Waals surface area contributed by atoms with Crippen LogP contribution >= 0.6 is 33.1 Å². The summed E-state index contributed by atoms with van der Waals surface area (Å²) in [6.07, 6.45) is 1.84. The molecule has 0 aliphatic heterocycles. The average Bonchev–Trinajstić information content (AvgIpc) is 3.46. The Morgan fingerprint density at radius 2 is 1.34 bits per heavy atom. The van der Waals surface area contributed by atoms with Gasteiger partial charge in [0.05, 0.1) is 0 Å². The van der Waals surface area contributed by atoms with Gasteiger partial charge in [0, 0.05) is 14.7 Å². The van der Waals surface area contributed by atoms with Crippen LogP contribution in [0.2, 0.25) is 0 Å². The van der Waals surface area contributed by atoms with Crippen molar-refractivity contribution in [2.75, 3.05) is 6.26 Å². The molecule has 4 aromatic carbocycles. The summed E-state index contributed by atoms with van der Waals surface area (Å²) < 4.78 is 0. The van der Waals surface area contributed by atoms with Crippen LogP contribution in [-0.4, -0.2) is 11.4 Å². The quantitative estimate of drug-likeness (QED) is 0.234. The molecule has 0 saturated heterocycles. The minimum Gasteiger partial charge on any atom is -0.383 e. The van der Waals surface area contributed by atoms with Crippen molar-refractivity contribution in [2.45, 2.75) is 37.5 Å². The Labute approximate surface area is 217 Å². The van der Waals surface area contributed by atoms with Crippen molar-refractivity contribution in [3.05, 3.63) is 137 Å². The van der Waals surface area contributed by atoms with E-state index >= 15 is 0 Å². The third kappa shape index (κ3) is 4.98. The highest BCUT2D eigenvalue weighted by Crippen LogP contribution is 2.65. The van der Waals surface area contributed by atoms with Crippen LogP contribution in [0.1, 0.15) is 22.1 Å². The lowest BCUT2D eigenvalue weighted by Crippen LogP contribution is -2.02. The van der Waals surface area contributed by atoms with Gasteiger partial charge in [-0.3, -0.25) is 0 Å². The van der Waals surface area contributed by atoms with E-state index in [1.165, 1.54) is 30.0 Å². The molecule has 1 unspecified atom stereocenters. The Kier molecular flexibility index (Phi) is 7.17. The van der Waals surface area contributed by atoms with Crippen LogP contribution in [0.4, 0.5) is 0 Å². The number of hydrogen-bond donors (Lipinski definition) is 1. The fourth-order valence-electron chi connectivity index (χ4n) is 4.24. The Bertz CT molecular complexity index is 1340. The van der Waals surface area contributed by atoms with Gasteiger partial charge in [0.15, 0.2) is 0 Å². The topological polar surface area (TPSA) is 20.2 Å². The largest absolute Gasteiger partial charge is 0.383 e. The molecule has 0 saturated carbocycles. The van der Waals surface area contributed by atoms with Gasteiger partial charge < -0.3 is 5.11 Å². The molecule has 1 N–H and O–H groups in total. The Morgan fingerprint density at radius 3 is 1.89 bits per heavy atom. The van der Waals surface area contributed by atoms with Crippen LogP contribution in [0.5, 0.6) is 0 Å². The maximum Gasteiger partial charge on any atom is 0.113 e. The van der Waals surface area contributed by atoms with Crippen LogP contribution in [0, 0.1) is 6.92 Å². The molecule has 1 aromatic heterocycles. The zero-order valence-corrected chi connectivity index (χ0v) is 22.2. The zero-order valence-electron chi connectivity index (χ0n) is 19.8. The van der Waals surface area contributed by atoms with E-state index in [-0.39, 0.29) is 0 Å². The first kappa shape index (κ1) is 24.0. The summed E-state index contributed by atoms with van der Waals surface area (Å²) in [6, 6.07) is 40.9. The molecule has 176 valence electrons. The summed E-state index contributed by atoms with van der Waals surface area (Å²) in [5, 5.41) is 12.6. The second kappa shape index (κ2) is 10.5. The normalized spacial score (nSPS) is 12.9. The van der Waals surface area contributed by atoms with Gasteiger partial charge >= 0.3 is 0 Å². The van der Waals surface area contributed by atoms with E-state index in [0.29, 0.717) is 0 Å². The van der Waals surface area contributed by atoms with E-state index in [9.17, 15) is 5.11 Å². The molecule has 0 bridgehead atoms. The number of aryl methyl sites for hydroxylation is 1. The molecule has 1 atom stereocenters. The summed E-state index contributed by atoms with van der Waals surface area (Å²) in [4.78, 5) is 7.49. The Hall–Kier alpha value is -2.76. The summed E-state index contributed by atoms with van der Waals surface area (Å²) in [5.41, 5.74) is 2.20. The fraction of sp³-hybridized carbons (Fsp3) is 0.0968. The zero-order chi connectivity index (χ0) is 24.3. The van der Waals surface area contributed by atoms with Gasteiger partial charge in [0.1, 0.15) is 6.10 Å². The average molecular weight is 513 g/mol. The number of hydrogen-bond acceptors (Lipinski definition) is 3. The van der Waals surface area contributed by atoms with E-state index in [0.717, 1.165) is 10.4 Å². The van der Waals surface area contributed by atoms with Gasteiger partial charge in [-0.1, -0.05) is 66.4 Å². The second-order valence-electron chi connectivity index (χ2n) is 8.56. The maximum atomic E-state index is 10.6. The second-order valence-corrected chi connectivity index (χ2v) is 13.9. The van der Waals surface area contributed by atoms with Gasteiger partial charge in [0.2, 0.25) is 0 Å². The molecular formula is C31H28OS3. The lowest BCUT2D eigenvalue weighted by atomic mass is 10.1. The third-order valence-corrected chi connectivity index (χ3v) is 12.0. The molecule has 0 spiro atoms. The summed E-state index contributed by atoms with van der Waals surface area (Å²) in [5.74, 6) is 0. The van der Waals surface area contributed by atoms with Gasteiger partial charge in [-0.2, -0.15) is 10.0 Å². The van der Waals surface area contributed by atoms with Gasteiger partial charge in [-0.25, -0.2) is 0 Å². The highest BCUT2D eigenvalue weighted by molar-refractivity contribution is 8.33. The van der Waals surface area contributed by atoms with Crippen molar-refractivity contribution in [3.8, 4) is 0 Å². The van der Waals surface area contributed by atoms with E-state index in [2.05, 4.69) is 104 Å². The first-order valence-corrected chi connectivity index (χ1v) is 15.3. The highest BCUT2D eigenvalue weighted by atomic mass is 32.3. The molecular weight excluding hydrogens is 485 g/mol. The number of rotatable bonds is 7. The van der Waals surface area contributed by atoms with Gasteiger partial charge in [0.25, 0.3) is 0 Å². The molecule has 35 heavy (non-hydrogen) atoms. The molecule has 0 aliphatic carbocycles. The minimum atomic E-state index is -1.36. The monoisotopic (exact) mass is 512 g/mol. The molecule has 1 nitrogen and oxygen atoms in total. The molecule has 0 radical (unpaired) electrons. The predicted molar refractivity (Wildman–Crippen MR) is 151 cm³/mol. The third-order valence-electron chi connectivity index (χ3n) is 6.28. The van der Waals surface area contributed by atoms with Gasteiger partial charge in [-0.15, -0.1) is 11.3 Å². The van der Waals surface area contributed by atoms with Crippen molar-refractivity contribution in [3.63, 3.8) is 0 Å². The summed E-state index contributed by atoms with van der Waals surface area (Å²) in [6.45, 7) is 2.20. The lowest BCUT2D eigenvalue weighted by Gasteiger charge is -2.38. The lowest BCUT2D eigenvalue weighted by molar-refractivity contribution is 0.224. The molecule has 0 aliphatic rings. The Balaban J connectivity index is 1.43. The molecule has 4 heteroatoms. The molecule has 1 heterocycles. The molecule has 0 fully saturated rings. The van der Waals surface area contributed by atoms with Crippen molar-refractivity contribution in [1.29, 1.82) is 0 Å². The first-order chi connectivity index (χ1) is 17.1. The minimum absolute atomic E-state index is 0.563. The SMILES string of the molecule is Cc1cc(S(C)(c2ccccc2)c2ccccc2)ccc1Sc1ccc(C(O)c2cccs2)cc1. The van der Waals surface area contributed by atoms with Gasteiger partial charge in [-0.05, 0) is 105 Å². The number of aliphatic hydroxyl groups excluding tert-OH is 1. The number of aliphatic hydroxyl groups is 1.